The monoisotopic (exact) mass is 248 g/mol. The fraction of sp³-hybridized carbons (Fsp3) is 0.455. The van der Waals surface area contributed by atoms with Crippen LogP contribution in [0.1, 0.15) is 42.5 Å². The smallest absolute Gasteiger partial charge is 0.364 e. The molecule has 1 heterocycles. The van der Waals surface area contributed by atoms with Gasteiger partial charge in [0.15, 0.2) is 0 Å². The standard InChI is InChI=1S/C9H9F3N2O.C2H6/c1-2-6-3-5(9(10,11)12)4-7(14-6)8(13)15;1-2/h3-4H,2H2,1H3,(H2,13,15);1-2H3. The van der Waals surface area contributed by atoms with Gasteiger partial charge in [-0.2, -0.15) is 13.2 Å². The van der Waals surface area contributed by atoms with E-state index in [1.807, 2.05) is 13.8 Å². The van der Waals surface area contributed by atoms with Gasteiger partial charge < -0.3 is 5.73 Å². The van der Waals surface area contributed by atoms with E-state index in [-0.39, 0.29) is 11.4 Å². The minimum atomic E-state index is -4.49. The Hall–Kier alpha value is -1.59. The van der Waals surface area contributed by atoms with Crippen LogP contribution in [0.2, 0.25) is 0 Å². The van der Waals surface area contributed by atoms with E-state index in [0.29, 0.717) is 12.5 Å². The van der Waals surface area contributed by atoms with Gasteiger partial charge in [0.25, 0.3) is 5.91 Å². The normalized spacial score (nSPS) is 10.5. The van der Waals surface area contributed by atoms with Crippen molar-refractivity contribution in [3.63, 3.8) is 0 Å². The van der Waals surface area contributed by atoms with Crippen LogP contribution in [0.3, 0.4) is 0 Å². The number of hydrogen-bond donors (Lipinski definition) is 1. The molecule has 0 aromatic carbocycles. The first kappa shape index (κ1) is 15.4. The number of aryl methyl sites for hydroxylation is 1. The minimum absolute atomic E-state index is 0.193. The largest absolute Gasteiger partial charge is 0.416 e. The number of primary amides is 1. The van der Waals surface area contributed by atoms with Crippen LogP contribution in [0, 0.1) is 0 Å². The third kappa shape index (κ3) is 4.42. The van der Waals surface area contributed by atoms with E-state index in [1.54, 1.807) is 6.92 Å². The van der Waals surface area contributed by atoms with E-state index >= 15 is 0 Å². The molecule has 0 saturated heterocycles. The molecule has 0 saturated carbocycles. The van der Waals surface area contributed by atoms with Gasteiger partial charge in [0, 0.05) is 5.69 Å². The first-order valence-electron chi connectivity index (χ1n) is 5.22. The number of carbonyl (C=O) groups is 1. The van der Waals surface area contributed by atoms with Crippen LogP contribution in [-0.4, -0.2) is 10.9 Å². The number of nitrogens with two attached hydrogens (primary N) is 1. The zero-order valence-electron chi connectivity index (χ0n) is 9.93. The van der Waals surface area contributed by atoms with Crippen LogP contribution in [-0.2, 0) is 12.6 Å². The molecule has 0 atom stereocenters. The quantitative estimate of drug-likeness (QED) is 0.874. The van der Waals surface area contributed by atoms with Crippen molar-refractivity contribution in [3.8, 4) is 0 Å². The Balaban J connectivity index is 0.00000121. The third-order valence-electron chi connectivity index (χ3n) is 1.82. The second-order valence-corrected chi connectivity index (χ2v) is 2.95. The third-order valence-corrected chi connectivity index (χ3v) is 1.82. The van der Waals surface area contributed by atoms with E-state index in [2.05, 4.69) is 4.98 Å². The summed E-state index contributed by atoms with van der Waals surface area (Å²) < 4.78 is 37.1. The van der Waals surface area contributed by atoms with Crippen molar-refractivity contribution in [3.05, 3.63) is 29.1 Å². The summed E-state index contributed by atoms with van der Waals surface area (Å²) in [5.41, 5.74) is 3.81. The number of amides is 1. The lowest BCUT2D eigenvalue weighted by molar-refractivity contribution is -0.137. The van der Waals surface area contributed by atoms with Crippen LogP contribution >= 0.6 is 0 Å². The average Bonchev–Trinajstić information content (AvgIpc) is 2.29. The lowest BCUT2D eigenvalue weighted by Crippen LogP contribution is -2.16. The SMILES string of the molecule is CC.CCc1cc(C(F)(F)F)cc(C(N)=O)n1. The maximum Gasteiger partial charge on any atom is 0.416 e. The van der Waals surface area contributed by atoms with Crippen molar-refractivity contribution >= 4 is 5.91 Å². The molecule has 0 spiro atoms. The summed E-state index contributed by atoms with van der Waals surface area (Å²) in [6.07, 6.45) is -4.18. The first-order valence-corrected chi connectivity index (χ1v) is 5.22. The van der Waals surface area contributed by atoms with Gasteiger partial charge in [0.1, 0.15) is 5.69 Å². The van der Waals surface area contributed by atoms with E-state index in [4.69, 9.17) is 5.73 Å². The summed E-state index contributed by atoms with van der Waals surface area (Å²) in [7, 11) is 0. The highest BCUT2D eigenvalue weighted by molar-refractivity contribution is 5.91. The summed E-state index contributed by atoms with van der Waals surface area (Å²) in [6.45, 7) is 5.65. The molecular weight excluding hydrogens is 233 g/mol. The second kappa shape index (κ2) is 6.22. The van der Waals surface area contributed by atoms with E-state index < -0.39 is 17.6 Å². The predicted molar refractivity (Wildman–Crippen MR) is 58.5 cm³/mol. The van der Waals surface area contributed by atoms with Gasteiger partial charge in [-0.25, -0.2) is 4.98 Å². The van der Waals surface area contributed by atoms with Gasteiger partial charge >= 0.3 is 6.18 Å². The summed E-state index contributed by atoms with van der Waals surface area (Å²) >= 11 is 0. The van der Waals surface area contributed by atoms with Gasteiger partial charge in [-0.1, -0.05) is 20.8 Å². The Morgan fingerprint density at radius 1 is 1.35 bits per heavy atom. The molecule has 17 heavy (non-hydrogen) atoms. The van der Waals surface area contributed by atoms with E-state index in [1.165, 1.54) is 0 Å². The minimum Gasteiger partial charge on any atom is -0.364 e. The highest BCUT2D eigenvalue weighted by atomic mass is 19.4. The molecule has 96 valence electrons. The van der Waals surface area contributed by atoms with Gasteiger partial charge in [-0.05, 0) is 18.6 Å². The van der Waals surface area contributed by atoms with Crippen LogP contribution in [0.15, 0.2) is 12.1 Å². The van der Waals surface area contributed by atoms with Crippen molar-refractivity contribution in [2.24, 2.45) is 5.73 Å². The number of hydrogen-bond acceptors (Lipinski definition) is 2. The molecular formula is C11H15F3N2O. The topological polar surface area (TPSA) is 56.0 Å². The van der Waals surface area contributed by atoms with E-state index in [9.17, 15) is 18.0 Å². The Morgan fingerprint density at radius 2 is 1.88 bits per heavy atom. The highest BCUT2D eigenvalue weighted by Gasteiger charge is 2.31. The zero-order chi connectivity index (χ0) is 13.6. The molecule has 0 unspecified atom stereocenters. The van der Waals surface area contributed by atoms with Crippen LogP contribution < -0.4 is 5.73 Å². The highest BCUT2D eigenvalue weighted by Crippen LogP contribution is 2.29. The molecule has 3 nitrogen and oxygen atoms in total. The maximum atomic E-state index is 12.4. The van der Waals surface area contributed by atoms with Crippen molar-refractivity contribution in [2.75, 3.05) is 0 Å². The lowest BCUT2D eigenvalue weighted by atomic mass is 10.1. The molecule has 6 heteroatoms. The number of pyridine rings is 1. The molecule has 1 aromatic rings. The Labute approximate surface area is 97.8 Å². The molecule has 2 N–H and O–H groups in total. The van der Waals surface area contributed by atoms with Crippen molar-refractivity contribution in [2.45, 2.75) is 33.4 Å². The number of nitrogens with zero attached hydrogens (tertiary/aromatic N) is 1. The Kier molecular flexibility index (Phi) is 5.64. The number of alkyl halides is 3. The summed E-state index contributed by atoms with van der Waals surface area (Å²) in [5.74, 6) is -0.962. The molecule has 0 aliphatic heterocycles. The van der Waals surface area contributed by atoms with Gasteiger partial charge in [-0.3, -0.25) is 4.79 Å². The van der Waals surface area contributed by atoms with Gasteiger partial charge in [-0.15, -0.1) is 0 Å². The van der Waals surface area contributed by atoms with E-state index in [0.717, 1.165) is 6.07 Å². The number of rotatable bonds is 2. The molecule has 1 aromatic heterocycles. The molecule has 1 amide bonds. The Morgan fingerprint density at radius 3 is 2.24 bits per heavy atom. The molecule has 1 rings (SSSR count). The van der Waals surface area contributed by atoms with Gasteiger partial charge in [0.2, 0.25) is 0 Å². The molecule has 0 bridgehead atoms. The number of carbonyl (C=O) groups excluding carboxylic acids is 1. The Bertz CT molecular complexity index is 389. The summed E-state index contributed by atoms with van der Waals surface area (Å²) in [5, 5.41) is 0. The molecule has 0 fully saturated rings. The fourth-order valence-corrected chi connectivity index (χ4v) is 1.06. The molecule has 0 radical (unpaired) electrons. The van der Waals surface area contributed by atoms with Crippen LogP contribution in [0.4, 0.5) is 13.2 Å². The molecule has 0 aliphatic carbocycles. The first-order chi connectivity index (χ1) is 7.84. The van der Waals surface area contributed by atoms with Gasteiger partial charge in [0.05, 0.1) is 5.56 Å². The summed E-state index contributed by atoms with van der Waals surface area (Å²) in [6, 6.07) is 1.56. The summed E-state index contributed by atoms with van der Waals surface area (Å²) in [4.78, 5) is 14.4. The van der Waals surface area contributed by atoms with Crippen molar-refractivity contribution in [1.29, 1.82) is 0 Å². The lowest BCUT2D eigenvalue weighted by Gasteiger charge is -2.09. The number of halogens is 3. The van der Waals surface area contributed by atoms with Crippen molar-refractivity contribution in [1.82, 2.24) is 4.98 Å². The number of aromatic nitrogens is 1. The van der Waals surface area contributed by atoms with Crippen LogP contribution in [0.5, 0.6) is 0 Å². The fourth-order valence-electron chi connectivity index (χ4n) is 1.06. The second-order valence-electron chi connectivity index (χ2n) is 2.95. The van der Waals surface area contributed by atoms with Crippen molar-refractivity contribution < 1.29 is 18.0 Å². The maximum absolute atomic E-state index is 12.4. The zero-order valence-corrected chi connectivity index (χ0v) is 9.93. The average molecular weight is 248 g/mol. The molecule has 0 aliphatic rings. The predicted octanol–water partition coefficient (Wildman–Crippen LogP) is 2.79. The van der Waals surface area contributed by atoms with Crippen LogP contribution in [0.25, 0.3) is 0 Å².